The van der Waals surface area contributed by atoms with Gasteiger partial charge in [0.1, 0.15) is 6.61 Å². The molecule has 0 N–H and O–H groups in total. The Morgan fingerprint density at radius 2 is 1.53 bits per heavy atom. The molecule has 0 saturated carbocycles. The van der Waals surface area contributed by atoms with Crippen LogP contribution in [0.3, 0.4) is 0 Å². The summed E-state index contributed by atoms with van der Waals surface area (Å²) in [5, 5.41) is 0.625. The third kappa shape index (κ3) is 5.50. The first-order valence-corrected chi connectivity index (χ1v) is 13.1. The number of para-hydroxylation sites is 2. The molecule has 0 radical (unpaired) electrons. The van der Waals surface area contributed by atoms with Crippen LogP contribution in [0.1, 0.15) is 22.3 Å². The van der Waals surface area contributed by atoms with Crippen molar-refractivity contribution in [2.24, 2.45) is 4.99 Å². The fourth-order valence-corrected chi connectivity index (χ4v) is 5.20. The van der Waals surface area contributed by atoms with E-state index in [1.54, 1.807) is 12.0 Å². The van der Waals surface area contributed by atoms with Gasteiger partial charge < -0.3 is 9.47 Å². The summed E-state index contributed by atoms with van der Waals surface area (Å²) < 4.78 is 11.6. The lowest BCUT2D eigenvalue weighted by Crippen LogP contribution is -2.28. The zero-order valence-corrected chi connectivity index (χ0v) is 22.4. The highest BCUT2D eigenvalue weighted by atomic mass is 32.2. The molecule has 0 atom stereocenters. The standard InChI is InChI=1S/C32H28N2O3S/c1-22-11-10-12-23(2)30(22)33-32-34(26-15-8-5-9-16-26)31(35)29(38-32)20-25-17-18-27(28(19-25)36-3)37-21-24-13-6-4-7-14-24/h4-20H,21H2,1-3H3/b29-20-,33-32?. The highest BCUT2D eigenvalue weighted by molar-refractivity contribution is 8.19. The second-order valence-corrected chi connectivity index (χ2v) is 9.92. The highest BCUT2D eigenvalue weighted by Crippen LogP contribution is 2.39. The molecule has 1 aliphatic heterocycles. The molecule has 5 nitrogen and oxygen atoms in total. The number of carbonyl (C=O) groups excluding carboxylic acids is 1. The van der Waals surface area contributed by atoms with E-state index in [-0.39, 0.29) is 5.91 Å². The number of aliphatic imine (C=N–C) groups is 1. The number of nitrogens with zero attached hydrogens (tertiary/aromatic N) is 2. The lowest BCUT2D eigenvalue weighted by Gasteiger charge is -2.16. The third-order valence-electron chi connectivity index (χ3n) is 6.19. The van der Waals surface area contributed by atoms with Crippen molar-refractivity contribution in [1.82, 2.24) is 0 Å². The molecule has 0 spiro atoms. The molecule has 4 aromatic rings. The fraction of sp³-hybridized carbons (Fsp3) is 0.125. The topological polar surface area (TPSA) is 51.1 Å². The zero-order chi connectivity index (χ0) is 26.5. The van der Waals surface area contributed by atoms with Crippen LogP contribution in [0, 0.1) is 13.8 Å². The van der Waals surface area contributed by atoms with Gasteiger partial charge in [0.25, 0.3) is 5.91 Å². The maximum Gasteiger partial charge on any atom is 0.271 e. The van der Waals surface area contributed by atoms with Crippen molar-refractivity contribution < 1.29 is 14.3 Å². The number of ether oxygens (including phenoxy) is 2. The van der Waals surface area contributed by atoms with Gasteiger partial charge in [0.2, 0.25) is 0 Å². The van der Waals surface area contributed by atoms with Crippen molar-refractivity contribution in [3.05, 3.63) is 124 Å². The van der Waals surface area contributed by atoms with Gasteiger partial charge in [0.05, 0.1) is 23.4 Å². The number of amides is 1. The lowest BCUT2D eigenvalue weighted by molar-refractivity contribution is -0.113. The number of rotatable bonds is 7. The number of aryl methyl sites for hydroxylation is 2. The van der Waals surface area contributed by atoms with Gasteiger partial charge in [-0.15, -0.1) is 0 Å². The minimum atomic E-state index is -0.116. The summed E-state index contributed by atoms with van der Waals surface area (Å²) in [6.07, 6.45) is 1.87. The third-order valence-corrected chi connectivity index (χ3v) is 7.16. The minimum absolute atomic E-state index is 0.116. The number of anilines is 1. The molecule has 0 unspecified atom stereocenters. The average Bonchev–Trinajstić information content (AvgIpc) is 3.25. The number of thioether (sulfide) groups is 1. The van der Waals surface area contributed by atoms with E-state index in [1.165, 1.54) is 11.8 Å². The number of methoxy groups -OCH3 is 1. The Bertz CT molecular complexity index is 1490. The molecule has 1 amide bonds. The van der Waals surface area contributed by atoms with Gasteiger partial charge >= 0.3 is 0 Å². The Balaban J connectivity index is 1.47. The fourth-order valence-electron chi connectivity index (χ4n) is 4.21. The summed E-state index contributed by atoms with van der Waals surface area (Å²) >= 11 is 1.37. The van der Waals surface area contributed by atoms with E-state index >= 15 is 0 Å². The molecule has 1 heterocycles. The predicted molar refractivity (Wildman–Crippen MR) is 156 cm³/mol. The van der Waals surface area contributed by atoms with Crippen molar-refractivity contribution in [3.63, 3.8) is 0 Å². The Hall–Kier alpha value is -4.29. The summed E-state index contributed by atoms with van der Waals surface area (Å²) in [4.78, 5) is 20.9. The van der Waals surface area contributed by atoms with Crippen LogP contribution in [-0.4, -0.2) is 18.2 Å². The lowest BCUT2D eigenvalue weighted by atomic mass is 10.1. The van der Waals surface area contributed by atoms with Gasteiger partial charge in [-0.2, -0.15) is 0 Å². The first kappa shape index (κ1) is 25.4. The number of amidine groups is 1. The van der Waals surface area contributed by atoms with Crippen LogP contribution in [-0.2, 0) is 11.4 Å². The summed E-state index contributed by atoms with van der Waals surface area (Å²) in [6, 6.07) is 31.4. The van der Waals surface area contributed by atoms with E-state index in [0.29, 0.717) is 28.2 Å². The van der Waals surface area contributed by atoms with E-state index in [0.717, 1.165) is 33.6 Å². The molecule has 6 heteroatoms. The molecule has 0 bridgehead atoms. The quantitative estimate of drug-likeness (QED) is 0.234. The van der Waals surface area contributed by atoms with Crippen LogP contribution in [0.25, 0.3) is 6.08 Å². The van der Waals surface area contributed by atoms with Gasteiger partial charge in [0.15, 0.2) is 16.7 Å². The smallest absolute Gasteiger partial charge is 0.271 e. The van der Waals surface area contributed by atoms with Gasteiger partial charge in [-0.05, 0) is 78.2 Å². The molecule has 5 rings (SSSR count). The van der Waals surface area contributed by atoms with Gasteiger partial charge in [-0.3, -0.25) is 9.69 Å². The minimum Gasteiger partial charge on any atom is -0.493 e. The summed E-state index contributed by atoms with van der Waals surface area (Å²) in [7, 11) is 1.61. The number of hydrogen-bond acceptors (Lipinski definition) is 5. The zero-order valence-electron chi connectivity index (χ0n) is 21.5. The monoisotopic (exact) mass is 520 g/mol. The van der Waals surface area contributed by atoms with Gasteiger partial charge in [-0.25, -0.2) is 4.99 Å². The van der Waals surface area contributed by atoms with E-state index in [9.17, 15) is 4.79 Å². The molecular formula is C32H28N2O3S. The second-order valence-electron chi connectivity index (χ2n) is 8.91. The Kier molecular flexibility index (Phi) is 7.61. The maximum absolute atomic E-state index is 13.7. The number of benzene rings is 4. The first-order chi connectivity index (χ1) is 18.5. The van der Waals surface area contributed by atoms with Crippen molar-refractivity contribution in [2.45, 2.75) is 20.5 Å². The van der Waals surface area contributed by atoms with Crippen molar-refractivity contribution in [3.8, 4) is 11.5 Å². The molecule has 1 aliphatic rings. The largest absolute Gasteiger partial charge is 0.493 e. The molecule has 0 aliphatic carbocycles. The van der Waals surface area contributed by atoms with Crippen molar-refractivity contribution in [1.29, 1.82) is 0 Å². The van der Waals surface area contributed by atoms with Crippen LogP contribution >= 0.6 is 11.8 Å². The van der Waals surface area contributed by atoms with E-state index < -0.39 is 0 Å². The molecule has 190 valence electrons. The normalized spacial score (nSPS) is 15.3. The van der Waals surface area contributed by atoms with Crippen LogP contribution < -0.4 is 14.4 Å². The molecule has 38 heavy (non-hydrogen) atoms. The van der Waals surface area contributed by atoms with Crippen LogP contribution in [0.2, 0.25) is 0 Å². The van der Waals surface area contributed by atoms with E-state index in [4.69, 9.17) is 14.5 Å². The van der Waals surface area contributed by atoms with E-state index in [1.807, 2.05) is 117 Å². The number of hydrogen-bond donors (Lipinski definition) is 0. The summed E-state index contributed by atoms with van der Waals surface area (Å²) in [5.74, 6) is 1.14. The molecule has 0 aromatic heterocycles. The first-order valence-electron chi connectivity index (χ1n) is 12.3. The SMILES string of the molecule is COc1cc(/C=C2\SC(=Nc3c(C)cccc3C)N(c3ccccc3)C2=O)ccc1OCc1ccccc1. The Morgan fingerprint density at radius 3 is 2.21 bits per heavy atom. The molecule has 1 fully saturated rings. The number of carbonyl (C=O) groups is 1. The predicted octanol–water partition coefficient (Wildman–Crippen LogP) is 7.70. The van der Waals surface area contributed by atoms with Gasteiger partial charge in [-0.1, -0.05) is 72.8 Å². The molecular weight excluding hydrogens is 492 g/mol. The van der Waals surface area contributed by atoms with Crippen molar-refractivity contribution >= 4 is 40.3 Å². The highest BCUT2D eigenvalue weighted by Gasteiger charge is 2.35. The van der Waals surface area contributed by atoms with Gasteiger partial charge in [0, 0.05) is 0 Å². The maximum atomic E-state index is 13.7. The van der Waals surface area contributed by atoms with Crippen LogP contribution in [0.15, 0.2) is 107 Å². The average molecular weight is 521 g/mol. The molecule has 1 saturated heterocycles. The van der Waals surface area contributed by atoms with Crippen molar-refractivity contribution in [2.75, 3.05) is 12.0 Å². The summed E-state index contributed by atoms with van der Waals surface area (Å²) in [6.45, 7) is 4.51. The summed E-state index contributed by atoms with van der Waals surface area (Å²) in [5.41, 5.74) is 5.70. The van der Waals surface area contributed by atoms with Crippen LogP contribution in [0.5, 0.6) is 11.5 Å². The molecule has 4 aromatic carbocycles. The van der Waals surface area contributed by atoms with E-state index in [2.05, 4.69) is 0 Å². The Labute approximate surface area is 227 Å². The Morgan fingerprint density at radius 1 is 0.842 bits per heavy atom. The van der Waals surface area contributed by atoms with Crippen LogP contribution in [0.4, 0.5) is 11.4 Å². The second kappa shape index (κ2) is 11.4.